The molecule has 0 aliphatic carbocycles. The third kappa shape index (κ3) is 4.72. The zero-order valence-electron chi connectivity index (χ0n) is 8.62. The Balaban J connectivity index is 1.95. The zero-order chi connectivity index (χ0) is 10.4. The van der Waals surface area contributed by atoms with Crippen molar-refractivity contribution in [2.24, 2.45) is 0 Å². The Bertz CT molecular complexity index is 161. The van der Waals surface area contributed by atoms with Crippen LogP contribution in [0, 0.1) is 0 Å². The first kappa shape index (κ1) is 12.4. The molecular weight excluding hydrogens is 224 g/mol. The number of rotatable bonds is 8. The van der Waals surface area contributed by atoms with Crippen LogP contribution >= 0.6 is 11.1 Å². The Labute approximate surface area is 90.4 Å². The predicted octanol–water partition coefficient (Wildman–Crippen LogP) is 1.26. The van der Waals surface area contributed by atoms with Gasteiger partial charge in [0.15, 0.2) is 0 Å². The molecule has 6 heteroatoms. The van der Waals surface area contributed by atoms with Gasteiger partial charge in [0.1, 0.15) is 6.10 Å². The van der Waals surface area contributed by atoms with Gasteiger partial charge in [-0.25, -0.2) is 0 Å². The first-order valence-corrected chi connectivity index (χ1v) is 7.72. The van der Waals surface area contributed by atoms with Crippen LogP contribution in [0.1, 0.15) is 6.42 Å². The third-order valence-electron chi connectivity index (χ3n) is 2.08. The van der Waals surface area contributed by atoms with Gasteiger partial charge in [-0.1, -0.05) is 11.1 Å². The van der Waals surface area contributed by atoms with E-state index in [-0.39, 0.29) is 0 Å². The first-order chi connectivity index (χ1) is 6.70. The highest BCUT2D eigenvalue weighted by atomic mass is 35.6. The van der Waals surface area contributed by atoms with Crippen molar-refractivity contribution in [3.63, 3.8) is 0 Å². The monoisotopic (exact) mass is 240 g/mol. The van der Waals surface area contributed by atoms with E-state index >= 15 is 0 Å². The van der Waals surface area contributed by atoms with E-state index in [1.807, 2.05) is 0 Å². The Morgan fingerprint density at radius 3 is 2.57 bits per heavy atom. The summed E-state index contributed by atoms with van der Waals surface area (Å²) in [4.78, 5) is 0. The summed E-state index contributed by atoms with van der Waals surface area (Å²) < 4.78 is 20.6. The number of ether oxygens (including phenoxy) is 2. The van der Waals surface area contributed by atoms with Crippen LogP contribution < -0.4 is 0 Å². The molecule has 1 rings (SSSR count). The van der Waals surface area contributed by atoms with Crippen molar-refractivity contribution in [2.75, 3.05) is 34.0 Å². The van der Waals surface area contributed by atoms with Crippen molar-refractivity contribution in [3.05, 3.63) is 0 Å². The molecule has 1 heterocycles. The van der Waals surface area contributed by atoms with Crippen LogP contribution in [0.4, 0.5) is 0 Å². The number of hydrogen-bond donors (Lipinski definition) is 0. The molecule has 0 aromatic carbocycles. The van der Waals surface area contributed by atoms with Crippen LogP contribution in [0.15, 0.2) is 0 Å². The van der Waals surface area contributed by atoms with Gasteiger partial charge >= 0.3 is 7.87 Å². The molecule has 14 heavy (non-hydrogen) atoms. The molecule has 0 aromatic heterocycles. The average Bonchev–Trinajstić information content (AvgIpc) is 3.01. The summed E-state index contributed by atoms with van der Waals surface area (Å²) in [5, 5.41) is 0. The van der Waals surface area contributed by atoms with Crippen LogP contribution in [0.25, 0.3) is 0 Å². The fourth-order valence-electron chi connectivity index (χ4n) is 1.05. The van der Waals surface area contributed by atoms with E-state index < -0.39 is 7.87 Å². The van der Waals surface area contributed by atoms with Gasteiger partial charge in [-0.2, -0.15) is 0 Å². The van der Waals surface area contributed by atoms with Gasteiger partial charge in [-0.15, -0.1) is 0 Å². The average molecular weight is 241 g/mol. The summed E-state index contributed by atoms with van der Waals surface area (Å²) >= 11 is 6.08. The molecule has 0 spiro atoms. The van der Waals surface area contributed by atoms with Crippen molar-refractivity contribution in [1.29, 1.82) is 0 Å². The van der Waals surface area contributed by atoms with E-state index in [4.69, 9.17) is 29.4 Å². The molecule has 4 nitrogen and oxygen atoms in total. The fraction of sp³-hybridized carbons (Fsp3) is 1.00. The van der Waals surface area contributed by atoms with Gasteiger partial charge in [-0.3, -0.25) is 0 Å². The highest BCUT2D eigenvalue weighted by molar-refractivity contribution is 7.12. The number of hydrogen-bond acceptors (Lipinski definition) is 4. The molecule has 0 N–H and O–H groups in total. The van der Waals surface area contributed by atoms with Gasteiger partial charge in [0, 0.05) is 26.9 Å². The second kappa shape index (κ2) is 6.04. The minimum atomic E-state index is -2.40. The molecular formula is C8H17ClO4Si. The smallest absolute Gasteiger partial charge is 0.386 e. The van der Waals surface area contributed by atoms with E-state index in [1.165, 1.54) is 0 Å². The summed E-state index contributed by atoms with van der Waals surface area (Å²) in [7, 11) is 0.772. The van der Waals surface area contributed by atoms with Gasteiger partial charge < -0.3 is 18.3 Å². The molecule has 0 saturated carbocycles. The SMILES string of the molecule is CO[Si](Cl)(CCCOCC1CO1)OC. The minimum Gasteiger partial charge on any atom is -0.386 e. The Morgan fingerprint density at radius 1 is 1.43 bits per heavy atom. The highest BCUT2D eigenvalue weighted by Crippen LogP contribution is 2.18. The third-order valence-corrected chi connectivity index (χ3v) is 5.74. The van der Waals surface area contributed by atoms with E-state index in [1.54, 1.807) is 14.2 Å². The number of epoxide rings is 1. The van der Waals surface area contributed by atoms with Crippen LogP contribution in [0.5, 0.6) is 0 Å². The van der Waals surface area contributed by atoms with Gasteiger partial charge in [0.2, 0.25) is 0 Å². The molecule has 0 amide bonds. The molecule has 1 aliphatic heterocycles. The van der Waals surface area contributed by atoms with Crippen LogP contribution in [0.2, 0.25) is 6.04 Å². The highest BCUT2D eigenvalue weighted by Gasteiger charge is 2.32. The largest absolute Gasteiger partial charge is 0.442 e. The van der Waals surface area contributed by atoms with E-state index in [2.05, 4.69) is 0 Å². The van der Waals surface area contributed by atoms with Crippen molar-refractivity contribution in [1.82, 2.24) is 0 Å². The van der Waals surface area contributed by atoms with Crippen molar-refractivity contribution < 1.29 is 18.3 Å². The number of halogens is 1. The van der Waals surface area contributed by atoms with Crippen LogP contribution in [-0.2, 0) is 18.3 Å². The maximum absolute atomic E-state index is 6.08. The molecule has 0 aromatic rings. The summed E-state index contributed by atoms with van der Waals surface area (Å²) in [6, 6.07) is 0.743. The lowest BCUT2D eigenvalue weighted by Gasteiger charge is -2.19. The van der Waals surface area contributed by atoms with Crippen molar-refractivity contribution in [3.8, 4) is 0 Å². The maximum atomic E-state index is 6.08. The molecule has 1 fully saturated rings. The van der Waals surface area contributed by atoms with Gasteiger partial charge in [-0.05, 0) is 6.42 Å². The van der Waals surface area contributed by atoms with Gasteiger partial charge in [0.25, 0.3) is 0 Å². The molecule has 0 bridgehead atoms. The summed E-state index contributed by atoms with van der Waals surface area (Å²) in [6.45, 7) is 2.22. The van der Waals surface area contributed by atoms with E-state index in [0.717, 1.165) is 19.1 Å². The molecule has 84 valence electrons. The molecule has 0 radical (unpaired) electrons. The first-order valence-electron chi connectivity index (χ1n) is 4.69. The molecule has 1 aliphatic rings. The summed E-state index contributed by atoms with van der Waals surface area (Å²) in [6.07, 6.45) is 1.20. The topological polar surface area (TPSA) is 40.2 Å². The second-order valence-electron chi connectivity index (χ2n) is 3.20. The zero-order valence-corrected chi connectivity index (χ0v) is 10.4. The van der Waals surface area contributed by atoms with E-state index in [9.17, 15) is 0 Å². The lowest BCUT2D eigenvalue weighted by molar-refractivity contribution is 0.115. The Morgan fingerprint density at radius 2 is 2.07 bits per heavy atom. The van der Waals surface area contributed by atoms with E-state index in [0.29, 0.717) is 19.3 Å². The maximum Gasteiger partial charge on any atom is 0.442 e. The van der Waals surface area contributed by atoms with Crippen LogP contribution in [-0.4, -0.2) is 48.0 Å². The Hall–Kier alpha value is 0.347. The lowest BCUT2D eigenvalue weighted by atomic mass is 10.5. The second-order valence-corrected chi connectivity index (χ2v) is 7.57. The quantitative estimate of drug-likeness (QED) is 0.277. The van der Waals surface area contributed by atoms with Crippen molar-refractivity contribution >= 4 is 18.9 Å². The molecule has 1 atom stereocenters. The minimum absolute atomic E-state index is 0.331. The lowest BCUT2D eigenvalue weighted by Crippen LogP contribution is -2.33. The summed E-state index contributed by atoms with van der Waals surface area (Å²) in [5.74, 6) is 0. The predicted molar refractivity (Wildman–Crippen MR) is 55.6 cm³/mol. The molecule has 1 unspecified atom stereocenters. The Kier molecular flexibility index (Phi) is 5.36. The summed E-state index contributed by atoms with van der Waals surface area (Å²) in [5.41, 5.74) is 0. The normalized spacial score (nSPS) is 21.2. The molecule has 1 saturated heterocycles. The van der Waals surface area contributed by atoms with Crippen molar-refractivity contribution in [2.45, 2.75) is 18.6 Å². The van der Waals surface area contributed by atoms with Gasteiger partial charge in [0.05, 0.1) is 13.2 Å². The van der Waals surface area contributed by atoms with Crippen LogP contribution in [0.3, 0.4) is 0 Å². The fourth-order valence-corrected chi connectivity index (χ4v) is 2.59. The standard InChI is InChI=1S/C8H17ClO4Si/c1-10-14(9,11-2)5-3-4-12-6-8-7-13-8/h8H,3-7H2,1-2H3.